The first-order valence-electron chi connectivity index (χ1n) is 14.3. The van der Waals surface area contributed by atoms with Gasteiger partial charge in [0.25, 0.3) is 5.56 Å². The van der Waals surface area contributed by atoms with Gasteiger partial charge in [0.05, 0.1) is 31.8 Å². The van der Waals surface area contributed by atoms with Crippen molar-refractivity contribution in [1.29, 1.82) is 0 Å². The van der Waals surface area contributed by atoms with E-state index in [1.54, 1.807) is 14.2 Å². The van der Waals surface area contributed by atoms with Crippen LogP contribution in [0.25, 0.3) is 10.9 Å². The number of fused-ring (bicyclic) bond motifs is 1. The van der Waals surface area contributed by atoms with E-state index < -0.39 is 0 Å². The van der Waals surface area contributed by atoms with E-state index in [1.165, 1.54) is 12.8 Å². The van der Waals surface area contributed by atoms with E-state index in [0.29, 0.717) is 24.1 Å². The summed E-state index contributed by atoms with van der Waals surface area (Å²) < 4.78 is 13.0. The number of pyridine rings is 1. The number of hydrogen-bond acceptors (Lipinski definition) is 7. The van der Waals surface area contributed by atoms with Crippen molar-refractivity contribution in [3.8, 4) is 11.5 Å². The first kappa shape index (κ1) is 27.8. The Morgan fingerprint density at radius 3 is 2.52 bits per heavy atom. The summed E-state index contributed by atoms with van der Waals surface area (Å²) in [6, 6.07) is 12.6. The van der Waals surface area contributed by atoms with E-state index in [1.807, 2.05) is 23.7 Å². The fourth-order valence-corrected chi connectivity index (χ4v) is 6.04. The highest BCUT2D eigenvalue weighted by Gasteiger charge is 2.29. The highest BCUT2D eigenvalue weighted by molar-refractivity contribution is 5.85. The van der Waals surface area contributed by atoms with Gasteiger partial charge in [0.15, 0.2) is 17.3 Å². The second-order valence-corrected chi connectivity index (χ2v) is 10.9. The minimum absolute atomic E-state index is 0.0375. The van der Waals surface area contributed by atoms with Gasteiger partial charge in [-0.15, -0.1) is 5.10 Å². The Labute approximate surface area is 235 Å². The van der Waals surface area contributed by atoms with Crippen LogP contribution in [0.1, 0.15) is 79.2 Å². The average molecular weight is 545 g/mol. The van der Waals surface area contributed by atoms with E-state index in [-0.39, 0.29) is 11.6 Å². The number of benzene rings is 2. The molecule has 1 atom stereocenters. The van der Waals surface area contributed by atoms with Crippen molar-refractivity contribution >= 4 is 10.9 Å². The summed E-state index contributed by atoms with van der Waals surface area (Å²) in [5, 5.41) is 14.1. The van der Waals surface area contributed by atoms with E-state index >= 15 is 0 Å². The van der Waals surface area contributed by atoms with Crippen molar-refractivity contribution in [2.45, 2.75) is 77.9 Å². The summed E-state index contributed by atoms with van der Waals surface area (Å²) in [5.74, 6) is 2.30. The second kappa shape index (κ2) is 12.2. The molecule has 5 rings (SSSR count). The largest absolute Gasteiger partial charge is 0.493 e. The standard InChI is InChI=1S/C31H40N6O3/c1-6-26(30-33-34-35-37(30)24-9-7-8-10-24)36(16-15-22-13-14-27(39-4)28(17-22)40-5)19-23-18-25-20(2)11-12-21(3)29(25)32-31(23)38/h11-14,17-18,24,26H,6-10,15-16,19H2,1-5H3,(H,32,38)/t26-/m0/s1. The summed E-state index contributed by atoms with van der Waals surface area (Å²) in [7, 11) is 3.30. The molecule has 1 saturated carbocycles. The van der Waals surface area contributed by atoms with Gasteiger partial charge in [-0.05, 0) is 84.8 Å². The van der Waals surface area contributed by atoms with Crippen molar-refractivity contribution in [1.82, 2.24) is 30.1 Å². The molecule has 212 valence electrons. The smallest absolute Gasteiger partial charge is 0.252 e. The molecule has 9 heteroatoms. The number of ether oxygens (including phenoxy) is 2. The summed E-state index contributed by atoms with van der Waals surface area (Å²) in [5.41, 5.74) is 4.94. The lowest BCUT2D eigenvalue weighted by molar-refractivity contribution is 0.169. The summed E-state index contributed by atoms with van der Waals surface area (Å²) >= 11 is 0. The summed E-state index contributed by atoms with van der Waals surface area (Å²) in [6.07, 6.45) is 6.20. The Morgan fingerprint density at radius 1 is 1.05 bits per heavy atom. The molecule has 1 aliphatic rings. The van der Waals surface area contributed by atoms with Gasteiger partial charge in [0.1, 0.15) is 0 Å². The number of nitrogens with zero attached hydrogens (tertiary/aromatic N) is 5. The Morgan fingerprint density at radius 2 is 1.80 bits per heavy atom. The van der Waals surface area contributed by atoms with Crippen LogP contribution >= 0.6 is 0 Å². The van der Waals surface area contributed by atoms with Crippen molar-refractivity contribution in [2.24, 2.45) is 0 Å². The number of aromatic nitrogens is 5. The van der Waals surface area contributed by atoms with Gasteiger partial charge in [0.2, 0.25) is 0 Å². The minimum Gasteiger partial charge on any atom is -0.493 e. The van der Waals surface area contributed by atoms with Crippen molar-refractivity contribution < 1.29 is 9.47 Å². The predicted octanol–water partition coefficient (Wildman–Crippen LogP) is 5.46. The second-order valence-electron chi connectivity index (χ2n) is 10.9. The van der Waals surface area contributed by atoms with Crippen LogP contribution in [0.4, 0.5) is 0 Å². The van der Waals surface area contributed by atoms with E-state index in [0.717, 1.165) is 71.2 Å². The Bertz CT molecular complexity index is 1520. The molecule has 0 amide bonds. The lowest BCUT2D eigenvalue weighted by Crippen LogP contribution is -2.34. The van der Waals surface area contributed by atoms with Crippen molar-refractivity contribution in [3.63, 3.8) is 0 Å². The molecular formula is C31H40N6O3. The third-order valence-corrected chi connectivity index (χ3v) is 8.34. The molecule has 0 spiro atoms. The fourth-order valence-electron chi connectivity index (χ4n) is 6.04. The van der Waals surface area contributed by atoms with Gasteiger partial charge in [-0.1, -0.05) is 38.0 Å². The highest BCUT2D eigenvalue weighted by Crippen LogP contribution is 2.34. The van der Waals surface area contributed by atoms with Crippen molar-refractivity contribution in [2.75, 3.05) is 20.8 Å². The molecule has 0 radical (unpaired) electrons. The molecule has 40 heavy (non-hydrogen) atoms. The highest BCUT2D eigenvalue weighted by atomic mass is 16.5. The summed E-state index contributed by atoms with van der Waals surface area (Å²) in [4.78, 5) is 18.9. The molecule has 1 N–H and O–H groups in total. The summed E-state index contributed by atoms with van der Waals surface area (Å²) in [6.45, 7) is 7.49. The molecule has 2 aromatic carbocycles. The quantitative estimate of drug-likeness (QED) is 0.268. The first-order valence-corrected chi connectivity index (χ1v) is 14.3. The number of hydrogen-bond donors (Lipinski definition) is 1. The van der Waals surface area contributed by atoms with Gasteiger partial charge in [-0.25, -0.2) is 4.68 Å². The maximum Gasteiger partial charge on any atom is 0.252 e. The number of rotatable bonds is 11. The predicted molar refractivity (Wildman–Crippen MR) is 156 cm³/mol. The molecule has 1 fully saturated rings. The number of H-pyrrole nitrogens is 1. The van der Waals surface area contributed by atoms with Gasteiger partial charge >= 0.3 is 0 Å². The van der Waals surface area contributed by atoms with Gasteiger partial charge in [0, 0.05) is 24.0 Å². The van der Waals surface area contributed by atoms with Crippen LogP contribution in [-0.2, 0) is 13.0 Å². The van der Waals surface area contributed by atoms with Crippen LogP contribution in [-0.4, -0.2) is 50.9 Å². The third kappa shape index (κ3) is 5.61. The molecule has 4 aromatic rings. The van der Waals surface area contributed by atoms with Crippen LogP contribution in [0.2, 0.25) is 0 Å². The van der Waals surface area contributed by atoms with Crippen LogP contribution < -0.4 is 15.0 Å². The monoisotopic (exact) mass is 544 g/mol. The molecule has 0 bridgehead atoms. The molecule has 0 saturated heterocycles. The Hall–Kier alpha value is -3.72. The molecule has 2 aromatic heterocycles. The maximum absolute atomic E-state index is 13.4. The molecule has 2 heterocycles. The topological polar surface area (TPSA) is 98.2 Å². The zero-order chi connectivity index (χ0) is 28.2. The number of tetrazole rings is 1. The minimum atomic E-state index is -0.0532. The Kier molecular flexibility index (Phi) is 8.49. The van der Waals surface area contributed by atoms with Crippen LogP contribution in [0.5, 0.6) is 11.5 Å². The van der Waals surface area contributed by atoms with Gasteiger partial charge in [-0.2, -0.15) is 0 Å². The van der Waals surface area contributed by atoms with E-state index in [4.69, 9.17) is 9.47 Å². The molecule has 9 nitrogen and oxygen atoms in total. The number of aryl methyl sites for hydroxylation is 2. The van der Waals surface area contributed by atoms with Crippen molar-refractivity contribution in [3.05, 3.63) is 74.8 Å². The number of methoxy groups -OCH3 is 2. The zero-order valence-electron chi connectivity index (χ0n) is 24.2. The molecule has 0 unspecified atom stereocenters. The van der Waals surface area contributed by atoms with Gasteiger partial charge < -0.3 is 14.5 Å². The normalized spacial score (nSPS) is 14.8. The Balaban J connectivity index is 1.51. The lowest BCUT2D eigenvalue weighted by atomic mass is 10.0. The SMILES string of the molecule is CC[C@@H](c1nnnn1C1CCCC1)N(CCc1ccc(OC)c(OC)c1)Cc1cc2c(C)ccc(C)c2[nH]c1=O. The van der Waals surface area contributed by atoms with Gasteiger partial charge in [-0.3, -0.25) is 9.69 Å². The van der Waals surface area contributed by atoms with E-state index in [2.05, 4.69) is 63.5 Å². The fraction of sp³-hybridized carbons (Fsp3) is 0.484. The maximum atomic E-state index is 13.4. The molecular weight excluding hydrogens is 504 g/mol. The lowest BCUT2D eigenvalue weighted by Gasteiger charge is -2.31. The molecule has 0 aliphatic heterocycles. The van der Waals surface area contributed by atoms with E-state index in [9.17, 15) is 4.79 Å². The zero-order valence-corrected chi connectivity index (χ0v) is 24.2. The van der Waals surface area contributed by atoms with Crippen LogP contribution in [0, 0.1) is 13.8 Å². The van der Waals surface area contributed by atoms with Crippen LogP contribution in [0.15, 0.2) is 41.2 Å². The van der Waals surface area contributed by atoms with Crippen LogP contribution in [0.3, 0.4) is 0 Å². The number of nitrogens with one attached hydrogen (secondary N) is 1. The number of aromatic amines is 1. The third-order valence-electron chi connectivity index (χ3n) is 8.34. The average Bonchev–Trinajstić information content (AvgIpc) is 3.67. The first-order chi connectivity index (χ1) is 19.4. The molecule has 1 aliphatic carbocycles.